The fourth-order valence-electron chi connectivity index (χ4n) is 2.81. The van der Waals surface area contributed by atoms with Gasteiger partial charge in [0.25, 0.3) is 0 Å². The number of nitrogens with zero attached hydrogens (tertiary/aromatic N) is 3. The second-order valence-electron chi connectivity index (χ2n) is 6.06. The topological polar surface area (TPSA) is 130 Å². The number of hydrogen-bond acceptors (Lipinski definition) is 10. The van der Waals surface area contributed by atoms with Gasteiger partial charge in [-0.05, 0) is 24.3 Å². The summed E-state index contributed by atoms with van der Waals surface area (Å²) < 4.78 is 21.1. The predicted octanol–water partition coefficient (Wildman–Crippen LogP) is 3.91. The Morgan fingerprint density at radius 3 is 1.58 bits per heavy atom. The average Bonchev–Trinajstić information content (AvgIpc) is 2.78. The van der Waals surface area contributed by atoms with Crippen LogP contribution in [0.15, 0.2) is 42.7 Å². The molecule has 2 aromatic carbocycles. The zero-order chi connectivity index (χ0) is 22.4. The maximum absolute atomic E-state index is 11.9. The molecule has 11 heteroatoms. The molecule has 0 aliphatic rings. The molecule has 3 aromatic rings. The third kappa shape index (κ3) is 4.66. The summed E-state index contributed by atoms with van der Waals surface area (Å²) in [6.07, 6.45) is 1.21. The number of methoxy groups -OCH3 is 4. The molecule has 0 aliphatic heterocycles. The highest BCUT2D eigenvalue weighted by molar-refractivity contribution is 5.80. The number of aromatic nitrogens is 2. The molecule has 0 unspecified atom stereocenters. The second-order valence-corrected chi connectivity index (χ2v) is 6.06. The van der Waals surface area contributed by atoms with E-state index >= 15 is 0 Å². The van der Waals surface area contributed by atoms with Crippen LogP contribution in [-0.2, 0) is 0 Å². The van der Waals surface area contributed by atoms with E-state index in [1.165, 1.54) is 34.8 Å². The molecule has 0 saturated heterocycles. The number of nitro groups is 1. The molecule has 0 spiro atoms. The van der Waals surface area contributed by atoms with Crippen LogP contribution >= 0.6 is 0 Å². The van der Waals surface area contributed by atoms with E-state index in [4.69, 9.17) is 18.9 Å². The highest BCUT2D eigenvalue weighted by Gasteiger charge is 2.25. The molecule has 31 heavy (non-hydrogen) atoms. The van der Waals surface area contributed by atoms with E-state index in [1.807, 2.05) is 0 Å². The lowest BCUT2D eigenvalue weighted by Gasteiger charge is -2.15. The third-order valence-electron chi connectivity index (χ3n) is 4.32. The highest BCUT2D eigenvalue weighted by atomic mass is 16.6. The van der Waals surface area contributed by atoms with Crippen molar-refractivity contribution >= 4 is 28.7 Å². The van der Waals surface area contributed by atoms with Crippen LogP contribution in [0.4, 0.5) is 28.7 Å². The highest BCUT2D eigenvalue weighted by Crippen LogP contribution is 2.38. The van der Waals surface area contributed by atoms with E-state index in [0.717, 1.165) is 0 Å². The van der Waals surface area contributed by atoms with E-state index < -0.39 is 4.92 Å². The summed E-state index contributed by atoms with van der Waals surface area (Å²) in [5.41, 5.74) is 0.513. The van der Waals surface area contributed by atoms with Crippen molar-refractivity contribution < 1.29 is 23.9 Å². The lowest BCUT2D eigenvalue weighted by atomic mass is 10.2. The summed E-state index contributed by atoms with van der Waals surface area (Å²) in [6.45, 7) is 0. The largest absolute Gasteiger partial charge is 0.497 e. The van der Waals surface area contributed by atoms with Crippen molar-refractivity contribution in [3.63, 3.8) is 0 Å². The number of hydrogen-bond donors (Lipinski definition) is 2. The van der Waals surface area contributed by atoms with E-state index in [0.29, 0.717) is 34.4 Å². The van der Waals surface area contributed by atoms with Crippen LogP contribution in [-0.4, -0.2) is 43.3 Å². The minimum atomic E-state index is -0.579. The van der Waals surface area contributed by atoms with Gasteiger partial charge in [-0.3, -0.25) is 10.1 Å². The van der Waals surface area contributed by atoms with E-state index in [1.54, 1.807) is 36.4 Å². The number of nitrogens with one attached hydrogen (secondary N) is 2. The SMILES string of the molecule is COc1ccc(OC)c(Nc2ncnc(Nc3cc(OC)ccc3OC)c2[N+](=O)[O-])c1. The first-order valence-electron chi connectivity index (χ1n) is 8.98. The van der Waals surface area contributed by atoms with Crippen molar-refractivity contribution in [2.75, 3.05) is 39.1 Å². The predicted molar refractivity (Wildman–Crippen MR) is 114 cm³/mol. The molecule has 0 atom stereocenters. The molecule has 0 fully saturated rings. The van der Waals surface area contributed by atoms with Gasteiger partial charge in [0.05, 0.1) is 44.7 Å². The summed E-state index contributed by atoms with van der Waals surface area (Å²) in [7, 11) is 6.01. The van der Waals surface area contributed by atoms with Gasteiger partial charge in [-0.25, -0.2) is 9.97 Å². The van der Waals surface area contributed by atoms with E-state index in [-0.39, 0.29) is 17.3 Å². The van der Waals surface area contributed by atoms with Crippen LogP contribution in [0.5, 0.6) is 23.0 Å². The van der Waals surface area contributed by atoms with Gasteiger partial charge in [-0.15, -0.1) is 0 Å². The maximum Gasteiger partial charge on any atom is 0.353 e. The van der Waals surface area contributed by atoms with Crippen molar-refractivity contribution in [3.05, 3.63) is 52.8 Å². The lowest BCUT2D eigenvalue weighted by Crippen LogP contribution is -2.07. The van der Waals surface area contributed by atoms with Gasteiger partial charge in [0.15, 0.2) is 0 Å². The second kappa shape index (κ2) is 9.48. The molecule has 0 saturated carbocycles. The Morgan fingerprint density at radius 2 is 1.23 bits per heavy atom. The molecule has 2 N–H and O–H groups in total. The Labute approximate surface area is 178 Å². The Balaban J connectivity index is 2.05. The molecular formula is C20H21N5O6. The third-order valence-corrected chi connectivity index (χ3v) is 4.32. The number of ether oxygens (including phenoxy) is 4. The molecule has 162 valence electrons. The average molecular weight is 427 g/mol. The molecule has 0 bridgehead atoms. The van der Waals surface area contributed by atoms with Crippen LogP contribution in [0.1, 0.15) is 0 Å². The maximum atomic E-state index is 11.9. The van der Waals surface area contributed by atoms with Gasteiger partial charge in [0.2, 0.25) is 11.6 Å². The summed E-state index contributed by atoms with van der Waals surface area (Å²) in [5, 5.41) is 17.8. The van der Waals surface area contributed by atoms with E-state index in [2.05, 4.69) is 20.6 Å². The van der Waals surface area contributed by atoms with E-state index in [9.17, 15) is 10.1 Å². The first kappa shape index (κ1) is 21.4. The Bertz CT molecular complexity index is 1020. The smallest absolute Gasteiger partial charge is 0.353 e. The number of benzene rings is 2. The van der Waals surface area contributed by atoms with Gasteiger partial charge >= 0.3 is 5.69 Å². The standard InChI is InChI=1S/C20H21N5O6/c1-28-12-5-7-16(30-3)14(9-12)23-19-18(25(26)27)20(22-11-21-19)24-15-10-13(29-2)6-8-17(15)31-4/h5-11H,1-4H3,(H2,21,22,23,24). The Hall–Kier alpha value is -4.28. The monoisotopic (exact) mass is 427 g/mol. The summed E-state index contributed by atoms with van der Waals surface area (Å²) in [4.78, 5) is 19.4. The zero-order valence-electron chi connectivity index (χ0n) is 17.3. The molecule has 11 nitrogen and oxygen atoms in total. The molecule has 1 heterocycles. The minimum Gasteiger partial charge on any atom is -0.497 e. The van der Waals surface area contributed by atoms with Gasteiger partial charge < -0.3 is 29.6 Å². The van der Waals surface area contributed by atoms with Gasteiger partial charge in [0, 0.05) is 12.1 Å². The van der Waals surface area contributed by atoms with Crippen LogP contribution in [0.3, 0.4) is 0 Å². The van der Waals surface area contributed by atoms with Crippen molar-refractivity contribution in [2.24, 2.45) is 0 Å². The molecule has 0 radical (unpaired) electrons. The van der Waals surface area contributed by atoms with Gasteiger partial charge in [0.1, 0.15) is 29.3 Å². The van der Waals surface area contributed by atoms with Crippen molar-refractivity contribution in [3.8, 4) is 23.0 Å². The number of rotatable bonds is 9. The quantitative estimate of drug-likeness (QED) is 0.383. The van der Waals surface area contributed by atoms with Crippen LogP contribution in [0.2, 0.25) is 0 Å². The lowest BCUT2D eigenvalue weighted by molar-refractivity contribution is -0.383. The Kier molecular flexibility index (Phi) is 6.55. The fraction of sp³-hybridized carbons (Fsp3) is 0.200. The molecule has 1 aromatic heterocycles. The fourth-order valence-corrected chi connectivity index (χ4v) is 2.81. The molecular weight excluding hydrogens is 406 g/mol. The van der Waals surface area contributed by atoms with Crippen LogP contribution in [0, 0.1) is 10.1 Å². The van der Waals surface area contributed by atoms with Gasteiger partial charge in [-0.2, -0.15) is 0 Å². The summed E-state index contributed by atoms with van der Waals surface area (Å²) in [5.74, 6) is 1.93. The molecule has 0 amide bonds. The normalized spacial score (nSPS) is 10.2. The zero-order valence-corrected chi connectivity index (χ0v) is 17.3. The van der Waals surface area contributed by atoms with Crippen molar-refractivity contribution in [1.82, 2.24) is 9.97 Å². The van der Waals surface area contributed by atoms with Crippen LogP contribution < -0.4 is 29.6 Å². The molecule has 0 aliphatic carbocycles. The number of anilines is 4. The molecule has 3 rings (SSSR count). The Morgan fingerprint density at radius 1 is 0.774 bits per heavy atom. The van der Waals surface area contributed by atoms with Crippen molar-refractivity contribution in [2.45, 2.75) is 0 Å². The van der Waals surface area contributed by atoms with Crippen LogP contribution in [0.25, 0.3) is 0 Å². The minimum absolute atomic E-state index is 0.0316. The summed E-state index contributed by atoms with van der Waals surface area (Å²) >= 11 is 0. The van der Waals surface area contributed by atoms with Gasteiger partial charge in [-0.1, -0.05) is 0 Å². The first-order valence-corrected chi connectivity index (χ1v) is 8.98. The first-order chi connectivity index (χ1) is 15.0. The van der Waals surface area contributed by atoms with Crippen molar-refractivity contribution in [1.29, 1.82) is 0 Å². The summed E-state index contributed by atoms with van der Waals surface area (Å²) in [6, 6.07) is 10.1.